The Balaban J connectivity index is 1.50. The van der Waals surface area contributed by atoms with Crippen molar-refractivity contribution in [2.45, 2.75) is 24.2 Å². The van der Waals surface area contributed by atoms with E-state index in [0.29, 0.717) is 36.5 Å². The monoisotopic (exact) mass is 408 g/mol. The molecule has 27 heavy (non-hydrogen) atoms. The average molecular weight is 409 g/mol. The van der Waals surface area contributed by atoms with Crippen LogP contribution in [0.1, 0.15) is 29.6 Å². The third-order valence-electron chi connectivity index (χ3n) is 3.70. The zero-order chi connectivity index (χ0) is 19.5. The molecule has 0 unspecified atom stereocenters. The smallest absolute Gasteiger partial charge is 0.251 e. The summed E-state index contributed by atoms with van der Waals surface area (Å²) in [5, 5.41) is 6.23. The molecule has 2 N–H and O–H groups in total. The SMILES string of the molecule is O=C(CCCNC(=O)c1ccc(Cl)cc1)NCCCSc1ccc(F)cc1. The number of nitrogens with one attached hydrogen (secondary N) is 2. The highest BCUT2D eigenvalue weighted by Gasteiger charge is 2.05. The van der Waals surface area contributed by atoms with E-state index in [1.165, 1.54) is 12.1 Å². The van der Waals surface area contributed by atoms with Crippen molar-refractivity contribution in [3.8, 4) is 0 Å². The molecule has 2 aromatic rings. The number of carbonyl (C=O) groups excluding carboxylic acids is 2. The average Bonchev–Trinajstić information content (AvgIpc) is 2.67. The Kier molecular flexibility index (Phi) is 9.15. The maximum absolute atomic E-state index is 12.8. The standard InChI is InChI=1S/C20H22ClFN2O2S/c21-16-6-4-15(5-7-16)20(26)24-12-1-3-19(25)23-13-2-14-27-18-10-8-17(22)9-11-18/h4-11H,1-3,12-14H2,(H,23,25)(H,24,26). The van der Waals surface area contributed by atoms with Crippen LogP contribution in [0.3, 0.4) is 0 Å². The zero-order valence-corrected chi connectivity index (χ0v) is 16.4. The lowest BCUT2D eigenvalue weighted by Crippen LogP contribution is -2.28. The highest BCUT2D eigenvalue weighted by molar-refractivity contribution is 7.99. The number of thioether (sulfide) groups is 1. The van der Waals surface area contributed by atoms with E-state index >= 15 is 0 Å². The van der Waals surface area contributed by atoms with Gasteiger partial charge in [-0.2, -0.15) is 0 Å². The Morgan fingerprint density at radius 3 is 2.30 bits per heavy atom. The van der Waals surface area contributed by atoms with E-state index in [4.69, 9.17) is 11.6 Å². The van der Waals surface area contributed by atoms with E-state index < -0.39 is 0 Å². The summed E-state index contributed by atoms with van der Waals surface area (Å²) in [4.78, 5) is 24.7. The van der Waals surface area contributed by atoms with Crippen LogP contribution in [0.25, 0.3) is 0 Å². The quantitative estimate of drug-likeness (QED) is 0.455. The second kappa shape index (κ2) is 11.6. The first-order chi connectivity index (χ1) is 13.0. The Morgan fingerprint density at radius 2 is 1.59 bits per heavy atom. The molecular formula is C20H22ClFN2O2S. The fourth-order valence-electron chi connectivity index (χ4n) is 2.26. The Bertz CT molecular complexity index is 739. The van der Waals surface area contributed by atoms with E-state index in [-0.39, 0.29) is 17.6 Å². The molecule has 0 aliphatic rings. The van der Waals surface area contributed by atoms with Gasteiger partial charge in [0.05, 0.1) is 0 Å². The number of benzene rings is 2. The molecule has 2 rings (SSSR count). The summed E-state index contributed by atoms with van der Waals surface area (Å²) in [6, 6.07) is 13.0. The summed E-state index contributed by atoms with van der Waals surface area (Å²) in [6.07, 6.45) is 1.78. The molecule has 0 bridgehead atoms. The fourth-order valence-corrected chi connectivity index (χ4v) is 3.24. The van der Waals surface area contributed by atoms with Gasteiger partial charge in [0.25, 0.3) is 5.91 Å². The van der Waals surface area contributed by atoms with Crippen LogP contribution < -0.4 is 10.6 Å². The summed E-state index contributed by atoms with van der Waals surface area (Å²) in [7, 11) is 0. The maximum atomic E-state index is 12.8. The lowest BCUT2D eigenvalue weighted by atomic mass is 10.2. The molecule has 0 heterocycles. The molecule has 0 saturated carbocycles. The Morgan fingerprint density at radius 1 is 0.926 bits per heavy atom. The van der Waals surface area contributed by atoms with E-state index in [1.807, 2.05) is 0 Å². The second-order valence-corrected chi connectivity index (χ2v) is 7.48. The lowest BCUT2D eigenvalue weighted by molar-refractivity contribution is -0.121. The molecule has 0 spiro atoms. The molecule has 7 heteroatoms. The van der Waals surface area contributed by atoms with Crippen LogP contribution in [-0.4, -0.2) is 30.7 Å². The molecule has 0 radical (unpaired) electrons. The van der Waals surface area contributed by atoms with Crippen molar-refractivity contribution >= 4 is 35.2 Å². The number of rotatable bonds is 10. The number of hydrogen-bond acceptors (Lipinski definition) is 3. The van der Waals surface area contributed by atoms with Crippen molar-refractivity contribution in [1.29, 1.82) is 0 Å². The normalized spacial score (nSPS) is 10.4. The Labute approximate surface area is 167 Å². The van der Waals surface area contributed by atoms with Crippen LogP contribution in [0.15, 0.2) is 53.4 Å². The third-order valence-corrected chi connectivity index (χ3v) is 5.05. The molecular weight excluding hydrogens is 387 g/mol. The minimum absolute atomic E-state index is 0.0254. The molecule has 0 atom stereocenters. The van der Waals surface area contributed by atoms with Gasteiger partial charge < -0.3 is 10.6 Å². The van der Waals surface area contributed by atoms with Gasteiger partial charge in [0.1, 0.15) is 5.82 Å². The fraction of sp³-hybridized carbons (Fsp3) is 0.300. The van der Waals surface area contributed by atoms with Gasteiger partial charge in [-0.3, -0.25) is 9.59 Å². The maximum Gasteiger partial charge on any atom is 0.251 e. The van der Waals surface area contributed by atoms with E-state index in [0.717, 1.165) is 17.1 Å². The second-order valence-electron chi connectivity index (χ2n) is 5.87. The number of carbonyl (C=O) groups is 2. The molecule has 2 amide bonds. The van der Waals surface area contributed by atoms with E-state index in [2.05, 4.69) is 10.6 Å². The molecule has 2 aromatic carbocycles. The highest BCUT2D eigenvalue weighted by atomic mass is 35.5. The molecule has 0 aliphatic carbocycles. The summed E-state index contributed by atoms with van der Waals surface area (Å²) in [5.74, 6) is 0.409. The molecule has 4 nitrogen and oxygen atoms in total. The van der Waals surface area contributed by atoms with Gasteiger partial charge in [-0.25, -0.2) is 4.39 Å². The number of halogens is 2. The van der Waals surface area contributed by atoms with Gasteiger partial charge in [-0.05, 0) is 67.1 Å². The molecule has 144 valence electrons. The Hall–Kier alpha value is -2.05. The van der Waals surface area contributed by atoms with Crippen molar-refractivity contribution in [2.75, 3.05) is 18.8 Å². The first kappa shape index (κ1) is 21.3. The lowest BCUT2D eigenvalue weighted by Gasteiger charge is -2.07. The van der Waals surface area contributed by atoms with Crippen LogP contribution in [0.2, 0.25) is 5.02 Å². The van der Waals surface area contributed by atoms with Crippen LogP contribution >= 0.6 is 23.4 Å². The highest BCUT2D eigenvalue weighted by Crippen LogP contribution is 2.18. The molecule has 0 aromatic heterocycles. The molecule has 0 saturated heterocycles. The summed E-state index contributed by atoms with van der Waals surface area (Å²) < 4.78 is 12.8. The van der Waals surface area contributed by atoms with Crippen molar-refractivity contribution in [3.63, 3.8) is 0 Å². The minimum atomic E-state index is -0.240. The summed E-state index contributed by atoms with van der Waals surface area (Å²) >= 11 is 7.42. The van der Waals surface area contributed by atoms with Gasteiger partial charge in [0.2, 0.25) is 5.91 Å². The van der Waals surface area contributed by atoms with Crippen LogP contribution in [-0.2, 0) is 4.79 Å². The van der Waals surface area contributed by atoms with E-state index in [1.54, 1.807) is 48.2 Å². The topological polar surface area (TPSA) is 58.2 Å². The zero-order valence-electron chi connectivity index (χ0n) is 14.8. The predicted octanol–water partition coefficient (Wildman–Crippen LogP) is 4.29. The van der Waals surface area contributed by atoms with Crippen molar-refractivity contribution in [2.24, 2.45) is 0 Å². The van der Waals surface area contributed by atoms with Gasteiger partial charge in [0.15, 0.2) is 0 Å². The van der Waals surface area contributed by atoms with Crippen molar-refractivity contribution < 1.29 is 14.0 Å². The van der Waals surface area contributed by atoms with Gasteiger partial charge in [0, 0.05) is 35.0 Å². The van der Waals surface area contributed by atoms with Crippen molar-refractivity contribution in [3.05, 3.63) is 64.9 Å². The largest absolute Gasteiger partial charge is 0.356 e. The predicted molar refractivity (Wildman–Crippen MR) is 108 cm³/mol. The van der Waals surface area contributed by atoms with Crippen molar-refractivity contribution in [1.82, 2.24) is 10.6 Å². The van der Waals surface area contributed by atoms with Crippen LogP contribution in [0, 0.1) is 5.82 Å². The van der Waals surface area contributed by atoms with Gasteiger partial charge in [-0.1, -0.05) is 11.6 Å². The summed E-state index contributed by atoms with van der Waals surface area (Å²) in [6.45, 7) is 1.04. The first-order valence-electron chi connectivity index (χ1n) is 8.73. The summed E-state index contributed by atoms with van der Waals surface area (Å²) in [5.41, 5.74) is 0.544. The van der Waals surface area contributed by atoms with Gasteiger partial charge >= 0.3 is 0 Å². The third kappa shape index (κ3) is 8.45. The van der Waals surface area contributed by atoms with Crippen LogP contribution in [0.4, 0.5) is 4.39 Å². The number of hydrogen-bond donors (Lipinski definition) is 2. The molecule has 0 aliphatic heterocycles. The number of amides is 2. The minimum Gasteiger partial charge on any atom is -0.356 e. The van der Waals surface area contributed by atoms with Gasteiger partial charge in [-0.15, -0.1) is 11.8 Å². The first-order valence-corrected chi connectivity index (χ1v) is 10.1. The van der Waals surface area contributed by atoms with Crippen LogP contribution in [0.5, 0.6) is 0 Å². The molecule has 0 fully saturated rings. The van der Waals surface area contributed by atoms with E-state index in [9.17, 15) is 14.0 Å².